The van der Waals surface area contributed by atoms with Gasteiger partial charge in [-0.15, -0.1) is 11.3 Å². The summed E-state index contributed by atoms with van der Waals surface area (Å²) < 4.78 is 18.3. The van der Waals surface area contributed by atoms with E-state index in [-0.39, 0.29) is 29.8 Å². The summed E-state index contributed by atoms with van der Waals surface area (Å²) >= 11 is 1.59. The van der Waals surface area contributed by atoms with E-state index in [0.29, 0.717) is 19.0 Å². The topological polar surface area (TPSA) is 95.3 Å². The highest BCUT2D eigenvalue weighted by Crippen LogP contribution is 2.36. The number of likely N-dealkylation sites (tertiary alicyclic amines) is 1. The van der Waals surface area contributed by atoms with E-state index in [2.05, 4.69) is 40.6 Å². The number of hydrogen-bond acceptors (Lipinski definition) is 6. The summed E-state index contributed by atoms with van der Waals surface area (Å²) in [6.45, 7) is 5.10. The highest BCUT2D eigenvalue weighted by molar-refractivity contribution is 7.18. The van der Waals surface area contributed by atoms with Gasteiger partial charge in [0.25, 0.3) is 0 Å². The first-order chi connectivity index (χ1) is 20.2. The largest absolute Gasteiger partial charge is 0.447 e. The van der Waals surface area contributed by atoms with Crippen LogP contribution in [0.15, 0.2) is 54.7 Å². The van der Waals surface area contributed by atoms with Crippen molar-refractivity contribution in [2.75, 3.05) is 13.1 Å². The quantitative estimate of drug-likeness (QED) is 0.326. The molecule has 42 heavy (non-hydrogen) atoms. The van der Waals surface area contributed by atoms with Crippen LogP contribution in [-0.2, 0) is 9.53 Å². The number of benzene rings is 2. The Morgan fingerprint density at radius 1 is 1.05 bits per heavy atom. The van der Waals surface area contributed by atoms with Crippen LogP contribution >= 0.6 is 11.3 Å². The van der Waals surface area contributed by atoms with Crippen LogP contribution in [0.3, 0.4) is 0 Å². The zero-order valence-corrected chi connectivity index (χ0v) is 25.0. The van der Waals surface area contributed by atoms with Crippen molar-refractivity contribution >= 4 is 23.3 Å². The standard InChI is InChI=1S/C22H21FN2O2S.C11H16N2O/c1-14(2)27-22(26)25-12-18(13-25)15-3-5-16(6-4-15)20-11-24-21(28-20)17-7-9-19(23)10-8-17;12-8-11(6-7-11)13-10(14)9-4-2-1-3-5-9/h3-11,14,18H,12-13H2,1-2H3;9H,1-7H2,(H,13,14). The fraction of sp³-hybridized carbons (Fsp3) is 0.455. The van der Waals surface area contributed by atoms with Crippen LogP contribution in [0.1, 0.15) is 70.3 Å². The number of thiazole rings is 1. The zero-order valence-electron chi connectivity index (χ0n) is 24.1. The van der Waals surface area contributed by atoms with Crippen LogP contribution in [0.25, 0.3) is 21.0 Å². The molecule has 0 radical (unpaired) electrons. The molecule has 1 aromatic heterocycles. The molecule has 0 unspecified atom stereocenters. The molecule has 0 atom stereocenters. The molecule has 2 saturated carbocycles. The first kappa shape index (κ1) is 29.7. The maximum absolute atomic E-state index is 13.1. The van der Waals surface area contributed by atoms with Crippen molar-refractivity contribution in [3.8, 4) is 27.1 Å². The third-order valence-electron chi connectivity index (χ3n) is 8.04. The Morgan fingerprint density at radius 3 is 2.29 bits per heavy atom. The van der Waals surface area contributed by atoms with Gasteiger partial charge in [0.2, 0.25) is 5.91 Å². The van der Waals surface area contributed by atoms with Gasteiger partial charge in [-0.2, -0.15) is 5.26 Å². The molecular formula is C33H37FN4O3S. The van der Waals surface area contributed by atoms with Crippen molar-refractivity contribution in [1.82, 2.24) is 15.2 Å². The summed E-state index contributed by atoms with van der Waals surface area (Å²) in [5, 5.41) is 12.6. The molecule has 9 heteroatoms. The number of ether oxygens (including phenoxy) is 1. The van der Waals surface area contributed by atoms with Crippen LogP contribution in [0.2, 0.25) is 0 Å². The number of carbonyl (C=O) groups is 2. The van der Waals surface area contributed by atoms with Crippen molar-refractivity contribution in [2.24, 2.45) is 5.92 Å². The van der Waals surface area contributed by atoms with Crippen molar-refractivity contribution in [1.29, 1.82) is 5.26 Å². The molecule has 7 nitrogen and oxygen atoms in total. The zero-order chi connectivity index (χ0) is 29.7. The van der Waals surface area contributed by atoms with Gasteiger partial charge >= 0.3 is 6.09 Å². The number of nitriles is 1. The van der Waals surface area contributed by atoms with E-state index in [1.807, 2.05) is 20.0 Å². The third kappa shape index (κ3) is 7.35. The molecule has 2 heterocycles. The second-order valence-electron chi connectivity index (χ2n) is 11.7. The summed E-state index contributed by atoms with van der Waals surface area (Å²) in [5.41, 5.74) is 2.76. The molecule has 3 fully saturated rings. The van der Waals surface area contributed by atoms with E-state index in [1.54, 1.807) is 28.4 Å². The highest BCUT2D eigenvalue weighted by Gasteiger charge is 2.45. The van der Waals surface area contributed by atoms with E-state index >= 15 is 0 Å². The number of rotatable bonds is 6. The average molecular weight is 589 g/mol. The van der Waals surface area contributed by atoms with E-state index in [1.165, 1.54) is 24.1 Å². The minimum Gasteiger partial charge on any atom is -0.447 e. The number of hydrogen-bond donors (Lipinski definition) is 1. The summed E-state index contributed by atoms with van der Waals surface area (Å²) in [5.74, 6) is 0.395. The average Bonchev–Trinajstić information content (AvgIpc) is 3.56. The van der Waals surface area contributed by atoms with Gasteiger partial charge in [0.05, 0.1) is 17.1 Å². The lowest BCUT2D eigenvalue weighted by Gasteiger charge is -2.39. The van der Waals surface area contributed by atoms with Crippen LogP contribution < -0.4 is 5.32 Å². The Balaban J connectivity index is 0.000000211. The van der Waals surface area contributed by atoms with Gasteiger partial charge in [-0.05, 0) is 74.9 Å². The van der Waals surface area contributed by atoms with Gasteiger partial charge < -0.3 is 15.0 Å². The van der Waals surface area contributed by atoms with E-state index in [9.17, 15) is 14.0 Å². The molecule has 0 spiro atoms. The van der Waals surface area contributed by atoms with Crippen molar-refractivity contribution in [3.05, 3.63) is 66.1 Å². The molecule has 1 N–H and O–H groups in total. The lowest BCUT2D eigenvalue weighted by Crippen LogP contribution is -2.49. The number of nitrogens with one attached hydrogen (secondary N) is 1. The Labute approximate surface area is 250 Å². The first-order valence-electron chi connectivity index (χ1n) is 14.8. The third-order valence-corrected chi connectivity index (χ3v) is 9.14. The molecule has 3 aliphatic rings. The van der Waals surface area contributed by atoms with E-state index in [4.69, 9.17) is 10.00 Å². The molecule has 2 amide bonds. The molecule has 220 valence electrons. The molecule has 6 rings (SSSR count). The number of amides is 2. The number of carbonyl (C=O) groups excluding carboxylic acids is 2. The molecule has 3 aromatic rings. The summed E-state index contributed by atoms with van der Waals surface area (Å²) in [7, 11) is 0. The van der Waals surface area contributed by atoms with Crippen molar-refractivity contribution < 1.29 is 18.7 Å². The summed E-state index contributed by atoms with van der Waals surface area (Å²) in [6.07, 6.45) is 8.80. The monoisotopic (exact) mass is 588 g/mol. The minimum atomic E-state index is -0.478. The SMILES string of the molecule is CC(C)OC(=O)N1CC(c2ccc(-c3cnc(-c4ccc(F)cc4)s3)cc2)C1.N#CC1(NC(=O)C2CCCCC2)CC1. The Morgan fingerprint density at radius 2 is 1.69 bits per heavy atom. The minimum absolute atomic E-state index is 0.0926. The first-order valence-corrected chi connectivity index (χ1v) is 15.6. The number of halogens is 1. The molecule has 2 aliphatic carbocycles. The van der Waals surface area contributed by atoms with Crippen LogP contribution in [0, 0.1) is 23.1 Å². The van der Waals surface area contributed by atoms with Crippen LogP contribution in [0.4, 0.5) is 9.18 Å². The van der Waals surface area contributed by atoms with Gasteiger partial charge in [0, 0.05) is 36.7 Å². The van der Waals surface area contributed by atoms with Gasteiger partial charge in [0.15, 0.2) is 0 Å². The second-order valence-corrected chi connectivity index (χ2v) is 12.7. The number of nitrogens with zero attached hydrogens (tertiary/aromatic N) is 3. The maximum Gasteiger partial charge on any atom is 0.410 e. The molecule has 2 aromatic carbocycles. The Kier molecular flexibility index (Phi) is 9.22. The van der Waals surface area contributed by atoms with Gasteiger partial charge in [-0.3, -0.25) is 4.79 Å². The fourth-order valence-electron chi connectivity index (χ4n) is 5.26. The van der Waals surface area contributed by atoms with Crippen LogP contribution in [-0.4, -0.2) is 46.6 Å². The second kappa shape index (κ2) is 13.0. The van der Waals surface area contributed by atoms with Crippen LogP contribution in [0.5, 0.6) is 0 Å². The predicted octanol–water partition coefficient (Wildman–Crippen LogP) is 7.30. The smallest absolute Gasteiger partial charge is 0.410 e. The Bertz CT molecular complexity index is 1410. The van der Waals surface area contributed by atoms with Gasteiger partial charge in [-0.25, -0.2) is 14.2 Å². The summed E-state index contributed by atoms with van der Waals surface area (Å²) in [4.78, 5) is 30.9. The van der Waals surface area contributed by atoms with Crippen molar-refractivity contribution in [2.45, 2.75) is 76.4 Å². The lowest BCUT2D eigenvalue weighted by molar-refractivity contribution is -0.126. The van der Waals surface area contributed by atoms with E-state index < -0.39 is 5.54 Å². The predicted molar refractivity (Wildman–Crippen MR) is 161 cm³/mol. The van der Waals surface area contributed by atoms with Gasteiger partial charge in [0.1, 0.15) is 16.4 Å². The maximum atomic E-state index is 13.1. The summed E-state index contributed by atoms with van der Waals surface area (Å²) in [6, 6.07) is 17.0. The lowest BCUT2D eigenvalue weighted by atomic mass is 9.88. The normalized spacial score (nSPS) is 17.8. The molecule has 0 bridgehead atoms. The van der Waals surface area contributed by atoms with Gasteiger partial charge in [-0.1, -0.05) is 43.5 Å². The Hall–Kier alpha value is -3.77. The molecular weight excluding hydrogens is 551 g/mol. The fourth-order valence-corrected chi connectivity index (χ4v) is 6.19. The molecule has 1 saturated heterocycles. The van der Waals surface area contributed by atoms with Crippen molar-refractivity contribution in [3.63, 3.8) is 0 Å². The molecule has 1 aliphatic heterocycles. The van der Waals surface area contributed by atoms with E-state index in [0.717, 1.165) is 59.5 Å². The highest BCUT2D eigenvalue weighted by atomic mass is 32.1. The number of aromatic nitrogens is 1.